The highest BCUT2D eigenvalue weighted by Gasteiger charge is 2.39. The van der Waals surface area contributed by atoms with Gasteiger partial charge in [-0.05, 0) is 34.4 Å². The largest absolute Gasteiger partial charge is 0.469 e. The molecule has 4 aromatic rings. The summed E-state index contributed by atoms with van der Waals surface area (Å²) in [5.74, 6) is 0.410. The molecule has 0 aliphatic carbocycles. The van der Waals surface area contributed by atoms with Crippen LogP contribution in [0.4, 0.5) is 0 Å². The molecule has 0 N–H and O–H groups in total. The first-order chi connectivity index (χ1) is 21.6. The van der Waals surface area contributed by atoms with E-state index in [1.54, 1.807) is 6.08 Å². The molecule has 0 saturated heterocycles. The van der Waals surface area contributed by atoms with E-state index in [0.717, 1.165) is 22.3 Å². The van der Waals surface area contributed by atoms with Gasteiger partial charge in [0.25, 0.3) is 0 Å². The molecule has 0 bridgehead atoms. The van der Waals surface area contributed by atoms with E-state index in [1.807, 2.05) is 109 Å². The van der Waals surface area contributed by atoms with Crippen LogP contribution in [0.25, 0.3) is 0 Å². The summed E-state index contributed by atoms with van der Waals surface area (Å²) in [6, 6.07) is 35.5. The molecular formula is C37H38O7. The quantitative estimate of drug-likeness (QED) is 0.102. The molecule has 0 unspecified atom stereocenters. The summed E-state index contributed by atoms with van der Waals surface area (Å²) in [7, 11) is 1.39. The Balaban J connectivity index is 1.54. The van der Waals surface area contributed by atoms with E-state index in [1.165, 1.54) is 7.11 Å². The average molecular weight is 595 g/mol. The molecule has 5 rings (SSSR count). The maximum Gasteiger partial charge on any atom is 0.306 e. The predicted octanol–water partition coefficient (Wildman–Crippen LogP) is 7.00. The Kier molecular flexibility index (Phi) is 11.2. The molecule has 0 radical (unpaired) electrons. The molecule has 0 saturated carbocycles. The minimum Gasteiger partial charge on any atom is -0.469 e. The van der Waals surface area contributed by atoms with Crippen LogP contribution >= 0.6 is 0 Å². The van der Waals surface area contributed by atoms with Crippen LogP contribution in [0.1, 0.15) is 34.6 Å². The molecule has 1 heterocycles. The van der Waals surface area contributed by atoms with Crippen LogP contribution in [0.15, 0.2) is 122 Å². The summed E-state index contributed by atoms with van der Waals surface area (Å²) in [6.07, 6.45) is -0.0958. The maximum atomic E-state index is 12.9. The molecule has 0 amide bonds. The van der Waals surface area contributed by atoms with Gasteiger partial charge < -0.3 is 28.4 Å². The number of hydrogen-bond acceptors (Lipinski definition) is 7. The monoisotopic (exact) mass is 594 g/mol. The molecule has 44 heavy (non-hydrogen) atoms. The van der Waals surface area contributed by atoms with Crippen LogP contribution in [0.2, 0.25) is 0 Å². The van der Waals surface area contributed by atoms with Crippen LogP contribution in [0.5, 0.6) is 11.5 Å². The Morgan fingerprint density at radius 3 is 1.80 bits per heavy atom. The lowest BCUT2D eigenvalue weighted by Crippen LogP contribution is -2.45. The molecule has 1 aliphatic heterocycles. The van der Waals surface area contributed by atoms with Crippen molar-refractivity contribution < 1.29 is 33.2 Å². The molecule has 4 atom stereocenters. The van der Waals surface area contributed by atoms with Gasteiger partial charge in [0, 0.05) is 5.92 Å². The Labute approximate surface area is 258 Å². The molecule has 4 aromatic carbocycles. The van der Waals surface area contributed by atoms with Gasteiger partial charge in [-0.15, -0.1) is 6.58 Å². The zero-order chi connectivity index (χ0) is 30.6. The SMILES string of the molecule is C=C[C@H](OCc1ccccc1)[C@@H](OCc1ccccc1)[C@H](OCc1ccccc1)[C@@H](CC(=O)OC)c1ccc2c(c1)OCO2. The van der Waals surface area contributed by atoms with E-state index >= 15 is 0 Å². The van der Waals surface area contributed by atoms with Gasteiger partial charge in [0.1, 0.15) is 12.2 Å². The third kappa shape index (κ3) is 8.35. The maximum absolute atomic E-state index is 12.9. The summed E-state index contributed by atoms with van der Waals surface area (Å²) < 4.78 is 36.4. The second kappa shape index (κ2) is 15.9. The van der Waals surface area contributed by atoms with E-state index in [2.05, 4.69) is 6.58 Å². The van der Waals surface area contributed by atoms with E-state index in [9.17, 15) is 4.79 Å². The highest BCUT2D eigenvalue weighted by molar-refractivity contribution is 5.70. The van der Waals surface area contributed by atoms with Crippen LogP contribution < -0.4 is 9.47 Å². The van der Waals surface area contributed by atoms with Gasteiger partial charge in [0.15, 0.2) is 11.5 Å². The van der Waals surface area contributed by atoms with Crippen molar-refractivity contribution in [3.05, 3.63) is 144 Å². The molecule has 7 heteroatoms. The van der Waals surface area contributed by atoms with Gasteiger partial charge in [0.05, 0.1) is 39.5 Å². The van der Waals surface area contributed by atoms with Gasteiger partial charge in [-0.1, -0.05) is 103 Å². The number of hydrogen-bond donors (Lipinski definition) is 0. The van der Waals surface area contributed by atoms with Crippen molar-refractivity contribution in [2.45, 2.75) is 50.5 Å². The molecule has 1 aliphatic rings. The minimum atomic E-state index is -0.655. The lowest BCUT2D eigenvalue weighted by molar-refractivity contribution is -0.154. The highest BCUT2D eigenvalue weighted by Crippen LogP contribution is 2.39. The predicted molar refractivity (Wildman–Crippen MR) is 167 cm³/mol. The average Bonchev–Trinajstić information content (AvgIpc) is 3.56. The van der Waals surface area contributed by atoms with Gasteiger partial charge in [-0.3, -0.25) is 4.79 Å². The molecule has 0 aromatic heterocycles. The van der Waals surface area contributed by atoms with Crippen LogP contribution in [-0.4, -0.2) is 38.2 Å². The normalized spacial score (nSPS) is 14.8. The summed E-state index contributed by atoms with van der Waals surface area (Å²) in [6.45, 7) is 5.21. The number of carbonyl (C=O) groups is 1. The third-order valence-electron chi connectivity index (χ3n) is 7.57. The minimum absolute atomic E-state index is 0.0450. The van der Waals surface area contributed by atoms with E-state index in [4.69, 9.17) is 28.4 Å². The molecule has 228 valence electrons. The summed E-state index contributed by atoms with van der Waals surface area (Å²) >= 11 is 0. The zero-order valence-corrected chi connectivity index (χ0v) is 24.9. The van der Waals surface area contributed by atoms with E-state index in [-0.39, 0.29) is 19.2 Å². The van der Waals surface area contributed by atoms with E-state index in [0.29, 0.717) is 31.3 Å². The molecule has 0 spiro atoms. The van der Waals surface area contributed by atoms with Crippen molar-refractivity contribution in [2.24, 2.45) is 0 Å². The number of carbonyl (C=O) groups excluding carboxylic acids is 1. The number of fused-ring (bicyclic) bond motifs is 1. The zero-order valence-electron chi connectivity index (χ0n) is 24.9. The van der Waals surface area contributed by atoms with Crippen molar-refractivity contribution in [3.8, 4) is 11.5 Å². The fourth-order valence-electron chi connectivity index (χ4n) is 5.24. The Hall–Kier alpha value is -4.43. The van der Waals surface area contributed by atoms with E-state index < -0.39 is 24.2 Å². The van der Waals surface area contributed by atoms with Gasteiger partial charge in [-0.2, -0.15) is 0 Å². The van der Waals surface area contributed by atoms with Gasteiger partial charge >= 0.3 is 5.97 Å². The fraction of sp³-hybridized carbons (Fsp3) is 0.270. The molecule has 0 fully saturated rings. The number of esters is 1. The number of methoxy groups -OCH3 is 1. The second-order valence-electron chi connectivity index (χ2n) is 10.5. The molecule has 7 nitrogen and oxygen atoms in total. The van der Waals surface area contributed by atoms with Crippen LogP contribution in [0, 0.1) is 0 Å². The number of benzene rings is 4. The highest BCUT2D eigenvalue weighted by atomic mass is 16.7. The lowest BCUT2D eigenvalue weighted by atomic mass is 9.85. The smallest absolute Gasteiger partial charge is 0.306 e. The van der Waals surface area contributed by atoms with Crippen molar-refractivity contribution in [1.82, 2.24) is 0 Å². The van der Waals surface area contributed by atoms with Crippen molar-refractivity contribution in [1.29, 1.82) is 0 Å². The summed E-state index contributed by atoms with van der Waals surface area (Å²) in [5.41, 5.74) is 3.83. The number of ether oxygens (including phenoxy) is 6. The number of rotatable bonds is 16. The second-order valence-corrected chi connectivity index (χ2v) is 10.5. The summed E-state index contributed by atoms with van der Waals surface area (Å²) in [5, 5.41) is 0. The first kappa shape index (κ1) is 31.0. The Morgan fingerprint density at radius 2 is 1.25 bits per heavy atom. The first-order valence-electron chi connectivity index (χ1n) is 14.7. The first-order valence-corrected chi connectivity index (χ1v) is 14.7. The Morgan fingerprint density at radius 1 is 0.727 bits per heavy atom. The van der Waals surface area contributed by atoms with Crippen molar-refractivity contribution >= 4 is 5.97 Å². The molecular weight excluding hydrogens is 556 g/mol. The van der Waals surface area contributed by atoms with Crippen molar-refractivity contribution in [2.75, 3.05) is 13.9 Å². The standard InChI is InChI=1S/C37H38O7/c1-3-32(40-23-27-13-7-4-8-14-27)37(42-25-29-17-11-6-12-18-29)36(41-24-28-15-9-5-10-16-28)31(22-35(38)39-2)30-19-20-33-34(21-30)44-26-43-33/h3-21,31-32,36-37H,1,22-26H2,2H3/t31-,32-,36+,37+/m0/s1. The van der Waals surface area contributed by atoms with Crippen LogP contribution in [-0.2, 0) is 43.6 Å². The topological polar surface area (TPSA) is 72.5 Å². The lowest BCUT2D eigenvalue weighted by Gasteiger charge is -2.37. The fourth-order valence-corrected chi connectivity index (χ4v) is 5.24. The summed E-state index contributed by atoms with van der Waals surface area (Å²) in [4.78, 5) is 12.9. The Bertz CT molecular complexity index is 1460. The van der Waals surface area contributed by atoms with Crippen molar-refractivity contribution in [3.63, 3.8) is 0 Å². The van der Waals surface area contributed by atoms with Gasteiger partial charge in [-0.25, -0.2) is 0 Å². The van der Waals surface area contributed by atoms with Crippen LogP contribution in [0.3, 0.4) is 0 Å². The van der Waals surface area contributed by atoms with Gasteiger partial charge in [0.2, 0.25) is 6.79 Å². The third-order valence-corrected chi connectivity index (χ3v) is 7.57.